The lowest BCUT2D eigenvalue weighted by atomic mass is 9.80. The lowest BCUT2D eigenvalue weighted by Crippen LogP contribution is -2.37. The van der Waals surface area contributed by atoms with E-state index in [1.807, 2.05) is 0 Å². The number of carbonyl (C=O) groups excluding carboxylic acids is 1. The largest absolute Gasteiger partial charge is 0.469 e. The van der Waals surface area contributed by atoms with Crippen LogP contribution in [-0.2, 0) is 9.53 Å². The van der Waals surface area contributed by atoms with Gasteiger partial charge in [0, 0.05) is 6.04 Å². The van der Waals surface area contributed by atoms with Gasteiger partial charge in [0.05, 0.1) is 12.5 Å². The van der Waals surface area contributed by atoms with Crippen LogP contribution in [0.2, 0.25) is 0 Å². The van der Waals surface area contributed by atoms with Gasteiger partial charge < -0.3 is 10.5 Å². The molecule has 0 fully saturated rings. The van der Waals surface area contributed by atoms with Crippen molar-refractivity contribution in [1.82, 2.24) is 0 Å². The molecular weight excluding hydrogens is 257 g/mol. The fourth-order valence-electron chi connectivity index (χ4n) is 1.77. The summed E-state index contributed by atoms with van der Waals surface area (Å²) in [5.74, 6) is -0.692. The van der Waals surface area contributed by atoms with E-state index in [1.165, 1.54) is 19.2 Å². The molecular formula is C13H19ClFNO2. The van der Waals surface area contributed by atoms with E-state index >= 15 is 0 Å². The number of methoxy groups -OCH3 is 1. The summed E-state index contributed by atoms with van der Waals surface area (Å²) in [5.41, 5.74) is 6.71. The van der Waals surface area contributed by atoms with E-state index in [9.17, 15) is 9.18 Å². The zero-order chi connectivity index (χ0) is 13.2. The van der Waals surface area contributed by atoms with E-state index in [0.717, 1.165) is 11.1 Å². The third kappa shape index (κ3) is 3.21. The normalized spacial score (nSPS) is 12.6. The standard InChI is InChI=1S/C13H18FNO2.ClH/c1-8-7-9(14)5-6-10(8)11(15)13(2,3)12(16)17-4;/h5-7,11H,15H2,1-4H3;1H/t11-;/m0./s1. The van der Waals surface area contributed by atoms with Crippen LogP contribution < -0.4 is 5.73 Å². The van der Waals surface area contributed by atoms with Gasteiger partial charge >= 0.3 is 5.97 Å². The fourth-order valence-corrected chi connectivity index (χ4v) is 1.77. The Hall–Kier alpha value is -1.13. The predicted octanol–water partition coefficient (Wildman–Crippen LogP) is 2.75. The van der Waals surface area contributed by atoms with E-state index in [2.05, 4.69) is 0 Å². The summed E-state index contributed by atoms with van der Waals surface area (Å²) in [6.45, 7) is 5.20. The Kier molecular flexibility index (Phi) is 5.77. The van der Waals surface area contributed by atoms with Crippen molar-refractivity contribution in [2.24, 2.45) is 11.1 Å². The lowest BCUT2D eigenvalue weighted by molar-refractivity contribution is -0.152. The average Bonchev–Trinajstić information content (AvgIpc) is 2.27. The number of rotatable bonds is 3. The van der Waals surface area contributed by atoms with Crippen molar-refractivity contribution in [2.75, 3.05) is 7.11 Å². The molecule has 1 rings (SSSR count). The summed E-state index contributed by atoms with van der Waals surface area (Å²) in [6.07, 6.45) is 0. The summed E-state index contributed by atoms with van der Waals surface area (Å²) in [4.78, 5) is 11.7. The van der Waals surface area contributed by atoms with Gasteiger partial charge in [-0.15, -0.1) is 12.4 Å². The molecule has 0 amide bonds. The lowest BCUT2D eigenvalue weighted by Gasteiger charge is -2.29. The van der Waals surface area contributed by atoms with Crippen LogP contribution in [0.25, 0.3) is 0 Å². The van der Waals surface area contributed by atoms with Gasteiger partial charge in [-0.1, -0.05) is 6.07 Å². The highest BCUT2D eigenvalue weighted by atomic mass is 35.5. The van der Waals surface area contributed by atoms with Gasteiger partial charge in [0.1, 0.15) is 5.82 Å². The van der Waals surface area contributed by atoms with E-state index in [1.54, 1.807) is 26.8 Å². The molecule has 3 nitrogen and oxygen atoms in total. The van der Waals surface area contributed by atoms with Gasteiger partial charge in [-0.3, -0.25) is 4.79 Å². The molecule has 5 heteroatoms. The maximum absolute atomic E-state index is 13.0. The minimum Gasteiger partial charge on any atom is -0.469 e. The number of hydrogen-bond donors (Lipinski definition) is 1. The Labute approximate surface area is 113 Å². The number of aryl methyl sites for hydroxylation is 1. The van der Waals surface area contributed by atoms with Crippen LogP contribution in [0.15, 0.2) is 18.2 Å². The molecule has 0 heterocycles. The second-order valence-corrected chi connectivity index (χ2v) is 4.69. The van der Waals surface area contributed by atoms with Crippen molar-refractivity contribution in [1.29, 1.82) is 0 Å². The number of ether oxygens (including phenoxy) is 1. The first-order valence-corrected chi connectivity index (χ1v) is 5.40. The maximum Gasteiger partial charge on any atom is 0.313 e. The monoisotopic (exact) mass is 275 g/mol. The van der Waals surface area contributed by atoms with Gasteiger partial charge in [0.25, 0.3) is 0 Å². The third-order valence-corrected chi connectivity index (χ3v) is 3.06. The molecule has 0 aliphatic carbocycles. The molecule has 0 unspecified atom stereocenters. The quantitative estimate of drug-likeness (QED) is 0.863. The molecule has 1 aromatic carbocycles. The highest BCUT2D eigenvalue weighted by molar-refractivity contribution is 5.85. The third-order valence-electron chi connectivity index (χ3n) is 3.06. The Morgan fingerprint density at radius 1 is 1.44 bits per heavy atom. The highest BCUT2D eigenvalue weighted by Crippen LogP contribution is 2.34. The molecule has 18 heavy (non-hydrogen) atoms. The van der Waals surface area contributed by atoms with E-state index < -0.39 is 11.5 Å². The number of esters is 1. The molecule has 102 valence electrons. The summed E-state index contributed by atoms with van der Waals surface area (Å²) in [6, 6.07) is 3.83. The zero-order valence-electron chi connectivity index (χ0n) is 11.0. The first-order valence-electron chi connectivity index (χ1n) is 5.40. The number of nitrogens with two attached hydrogens (primary N) is 1. The van der Waals surface area contributed by atoms with Crippen molar-refractivity contribution in [2.45, 2.75) is 26.8 Å². The van der Waals surface area contributed by atoms with Gasteiger partial charge in [-0.05, 0) is 44.0 Å². The molecule has 0 saturated carbocycles. The molecule has 0 bridgehead atoms. The summed E-state index contributed by atoms with van der Waals surface area (Å²) >= 11 is 0. The fraction of sp³-hybridized carbons (Fsp3) is 0.462. The Balaban J connectivity index is 0.00000289. The topological polar surface area (TPSA) is 52.3 Å². The number of benzene rings is 1. The van der Waals surface area contributed by atoms with Crippen LogP contribution in [0.3, 0.4) is 0 Å². The van der Waals surface area contributed by atoms with Crippen LogP contribution in [0.1, 0.15) is 31.0 Å². The van der Waals surface area contributed by atoms with Crippen LogP contribution in [0, 0.1) is 18.2 Å². The Morgan fingerprint density at radius 2 is 2.00 bits per heavy atom. The summed E-state index contributed by atoms with van der Waals surface area (Å²) in [7, 11) is 1.33. The van der Waals surface area contributed by atoms with E-state index in [-0.39, 0.29) is 24.2 Å². The number of carbonyl (C=O) groups is 1. The second-order valence-electron chi connectivity index (χ2n) is 4.69. The maximum atomic E-state index is 13.0. The zero-order valence-corrected chi connectivity index (χ0v) is 11.8. The van der Waals surface area contributed by atoms with Gasteiger partial charge in [0.2, 0.25) is 0 Å². The summed E-state index contributed by atoms with van der Waals surface area (Å²) < 4.78 is 17.7. The molecule has 0 aliphatic heterocycles. The van der Waals surface area contributed by atoms with Gasteiger partial charge in [-0.25, -0.2) is 4.39 Å². The number of halogens is 2. The minimum absolute atomic E-state index is 0. The first-order chi connectivity index (χ1) is 7.80. The van der Waals surface area contributed by atoms with E-state index in [0.29, 0.717) is 0 Å². The van der Waals surface area contributed by atoms with Crippen molar-refractivity contribution < 1.29 is 13.9 Å². The molecule has 1 atom stereocenters. The van der Waals surface area contributed by atoms with Crippen LogP contribution in [0.5, 0.6) is 0 Å². The molecule has 0 aromatic heterocycles. The van der Waals surface area contributed by atoms with Crippen LogP contribution >= 0.6 is 12.4 Å². The van der Waals surface area contributed by atoms with Gasteiger partial charge in [0.15, 0.2) is 0 Å². The SMILES string of the molecule is COC(=O)C(C)(C)[C@@H](N)c1ccc(F)cc1C.Cl. The Morgan fingerprint density at radius 3 is 2.44 bits per heavy atom. The van der Waals surface area contributed by atoms with Crippen molar-refractivity contribution in [3.8, 4) is 0 Å². The molecule has 0 saturated heterocycles. The van der Waals surface area contributed by atoms with E-state index in [4.69, 9.17) is 10.5 Å². The summed E-state index contributed by atoms with van der Waals surface area (Å²) in [5, 5.41) is 0. The predicted molar refractivity (Wildman–Crippen MR) is 71.1 cm³/mol. The van der Waals surface area contributed by atoms with Crippen molar-refractivity contribution in [3.05, 3.63) is 35.1 Å². The Bertz CT molecular complexity index is 435. The molecule has 0 spiro atoms. The molecule has 0 radical (unpaired) electrons. The molecule has 0 aliphatic rings. The highest BCUT2D eigenvalue weighted by Gasteiger charge is 2.37. The molecule has 2 N–H and O–H groups in total. The number of hydrogen-bond acceptors (Lipinski definition) is 3. The van der Waals surface area contributed by atoms with Crippen molar-refractivity contribution >= 4 is 18.4 Å². The minimum atomic E-state index is -0.850. The van der Waals surface area contributed by atoms with Crippen LogP contribution in [-0.4, -0.2) is 13.1 Å². The van der Waals surface area contributed by atoms with Crippen LogP contribution in [0.4, 0.5) is 4.39 Å². The smallest absolute Gasteiger partial charge is 0.313 e. The van der Waals surface area contributed by atoms with Gasteiger partial charge in [-0.2, -0.15) is 0 Å². The molecule has 1 aromatic rings. The average molecular weight is 276 g/mol. The first kappa shape index (κ1) is 16.9. The van der Waals surface area contributed by atoms with Crippen molar-refractivity contribution in [3.63, 3.8) is 0 Å². The second kappa shape index (κ2) is 6.16.